The number of nitrogens with one attached hydrogen (secondary N) is 2. The largest absolute Gasteiger partial charge is 0.385 e. The lowest BCUT2D eigenvalue weighted by atomic mass is 10.1. The Balaban J connectivity index is 2.12. The van der Waals surface area contributed by atoms with Crippen molar-refractivity contribution < 1.29 is 4.79 Å². The molecule has 2 N–H and O–H groups in total. The van der Waals surface area contributed by atoms with Crippen LogP contribution >= 0.6 is 0 Å². The molecule has 1 atom stereocenters. The fourth-order valence-corrected chi connectivity index (χ4v) is 2.24. The average Bonchev–Trinajstić information content (AvgIpc) is 2.48. The maximum Gasteiger partial charge on any atom is 0.253 e. The summed E-state index contributed by atoms with van der Waals surface area (Å²) in [4.78, 5) is 12.4. The minimum absolute atomic E-state index is 0.0206. The van der Waals surface area contributed by atoms with E-state index >= 15 is 0 Å². The van der Waals surface area contributed by atoms with Gasteiger partial charge in [-0.05, 0) is 38.5 Å². The molecule has 0 aliphatic carbocycles. The normalized spacial score (nSPS) is 11.8. The van der Waals surface area contributed by atoms with Crippen LogP contribution in [0.15, 0.2) is 48.5 Å². The molecular weight excluding hydrogens is 260 g/mol. The lowest BCUT2D eigenvalue weighted by Gasteiger charge is -2.16. The van der Waals surface area contributed by atoms with E-state index in [2.05, 4.69) is 41.8 Å². The molecule has 0 saturated carbocycles. The lowest BCUT2D eigenvalue weighted by molar-refractivity contribution is 0.0940. The minimum atomic E-state index is -0.0559. The van der Waals surface area contributed by atoms with E-state index in [4.69, 9.17) is 0 Å². The molecule has 3 nitrogen and oxygen atoms in total. The fourth-order valence-electron chi connectivity index (χ4n) is 2.24. The molecule has 2 rings (SSSR count). The van der Waals surface area contributed by atoms with Crippen molar-refractivity contribution in [1.82, 2.24) is 5.32 Å². The smallest absolute Gasteiger partial charge is 0.253 e. The number of amides is 1. The molecule has 0 spiro atoms. The van der Waals surface area contributed by atoms with Crippen molar-refractivity contribution in [2.45, 2.75) is 26.8 Å². The molecule has 0 aliphatic heterocycles. The summed E-state index contributed by atoms with van der Waals surface area (Å²) >= 11 is 0. The monoisotopic (exact) mass is 282 g/mol. The first-order valence-corrected chi connectivity index (χ1v) is 7.32. The number of hydrogen-bond donors (Lipinski definition) is 2. The molecule has 0 fully saturated rings. The maximum absolute atomic E-state index is 12.4. The SMILES string of the molecule is CCNc1ccccc1C(=O)N[C@H](C)c1ccc(C)cc1. The van der Waals surface area contributed by atoms with E-state index in [0.717, 1.165) is 17.8 Å². The van der Waals surface area contributed by atoms with Gasteiger partial charge >= 0.3 is 0 Å². The molecule has 0 radical (unpaired) electrons. The van der Waals surface area contributed by atoms with Crippen LogP contribution in [0.3, 0.4) is 0 Å². The number of rotatable bonds is 5. The highest BCUT2D eigenvalue weighted by Gasteiger charge is 2.14. The number of aryl methyl sites for hydroxylation is 1. The highest BCUT2D eigenvalue weighted by atomic mass is 16.1. The van der Waals surface area contributed by atoms with Crippen LogP contribution in [0, 0.1) is 6.92 Å². The van der Waals surface area contributed by atoms with Crippen molar-refractivity contribution >= 4 is 11.6 Å². The zero-order chi connectivity index (χ0) is 15.2. The van der Waals surface area contributed by atoms with E-state index < -0.39 is 0 Å². The van der Waals surface area contributed by atoms with Gasteiger partial charge in [-0.2, -0.15) is 0 Å². The Kier molecular flexibility index (Phi) is 4.99. The third kappa shape index (κ3) is 3.85. The van der Waals surface area contributed by atoms with Crippen molar-refractivity contribution in [3.63, 3.8) is 0 Å². The van der Waals surface area contributed by atoms with Gasteiger partial charge in [-0.3, -0.25) is 4.79 Å². The Labute approximate surface area is 126 Å². The van der Waals surface area contributed by atoms with Crippen LogP contribution in [-0.2, 0) is 0 Å². The summed E-state index contributed by atoms with van der Waals surface area (Å²) < 4.78 is 0. The maximum atomic E-state index is 12.4. The van der Waals surface area contributed by atoms with Crippen molar-refractivity contribution in [1.29, 1.82) is 0 Å². The summed E-state index contributed by atoms with van der Waals surface area (Å²) in [6.45, 7) is 6.86. The van der Waals surface area contributed by atoms with Crippen LogP contribution in [0.5, 0.6) is 0 Å². The molecular formula is C18H22N2O. The number of hydrogen-bond acceptors (Lipinski definition) is 2. The summed E-state index contributed by atoms with van der Waals surface area (Å²) in [5.41, 5.74) is 3.87. The molecule has 0 aromatic heterocycles. The molecule has 2 aromatic carbocycles. The second-order valence-electron chi connectivity index (χ2n) is 5.18. The second-order valence-corrected chi connectivity index (χ2v) is 5.18. The van der Waals surface area contributed by atoms with Crippen molar-refractivity contribution in [2.24, 2.45) is 0 Å². The second kappa shape index (κ2) is 6.93. The predicted octanol–water partition coefficient (Wildman–Crippen LogP) is 3.92. The molecule has 0 aliphatic rings. The van der Waals surface area contributed by atoms with Gasteiger partial charge in [-0.1, -0.05) is 42.0 Å². The van der Waals surface area contributed by atoms with E-state index in [1.807, 2.05) is 38.1 Å². The van der Waals surface area contributed by atoms with Gasteiger partial charge in [0, 0.05) is 12.2 Å². The third-order valence-corrected chi connectivity index (χ3v) is 3.46. The van der Waals surface area contributed by atoms with Crippen LogP contribution in [-0.4, -0.2) is 12.5 Å². The van der Waals surface area contributed by atoms with Crippen LogP contribution in [0.25, 0.3) is 0 Å². The summed E-state index contributed by atoms with van der Waals surface area (Å²) in [6, 6.07) is 15.8. The Bertz CT molecular complexity index is 605. The Morgan fingerprint density at radius 1 is 1.10 bits per heavy atom. The molecule has 0 unspecified atom stereocenters. The highest BCUT2D eigenvalue weighted by molar-refractivity contribution is 5.99. The van der Waals surface area contributed by atoms with Crippen LogP contribution in [0.2, 0.25) is 0 Å². The number of carbonyl (C=O) groups is 1. The van der Waals surface area contributed by atoms with E-state index in [9.17, 15) is 4.79 Å². The molecule has 3 heteroatoms. The standard InChI is InChI=1S/C18H22N2O/c1-4-19-17-8-6-5-7-16(17)18(21)20-14(3)15-11-9-13(2)10-12-15/h5-12,14,19H,4H2,1-3H3,(H,20,21)/t14-/m1/s1. The average molecular weight is 282 g/mol. The fraction of sp³-hybridized carbons (Fsp3) is 0.278. The van der Waals surface area contributed by atoms with Gasteiger partial charge in [0.15, 0.2) is 0 Å². The van der Waals surface area contributed by atoms with E-state index in [0.29, 0.717) is 5.56 Å². The van der Waals surface area contributed by atoms with Crippen LogP contribution in [0.1, 0.15) is 41.4 Å². The predicted molar refractivity (Wildman–Crippen MR) is 87.7 cm³/mol. The first-order chi connectivity index (χ1) is 10.1. The first kappa shape index (κ1) is 15.1. The van der Waals surface area contributed by atoms with Crippen molar-refractivity contribution in [3.05, 3.63) is 65.2 Å². The molecule has 110 valence electrons. The van der Waals surface area contributed by atoms with Gasteiger partial charge < -0.3 is 10.6 Å². The molecule has 1 amide bonds. The van der Waals surface area contributed by atoms with Gasteiger partial charge in [-0.25, -0.2) is 0 Å². The molecule has 21 heavy (non-hydrogen) atoms. The number of benzene rings is 2. The van der Waals surface area contributed by atoms with Gasteiger partial charge in [0.2, 0.25) is 0 Å². The van der Waals surface area contributed by atoms with Gasteiger partial charge in [0.25, 0.3) is 5.91 Å². The summed E-state index contributed by atoms with van der Waals surface area (Å²) in [7, 11) is 0. The molecule has 0 bridgehead atoms. The zero-order valence-corrected chi connectivity index (χ0v) is 12.8. The molecule has 0 saturated heterocycles. The lowest BCUT2D eigenvalue weighted by Crippen LogP contribution is -2.27. The van der Waals surface area contributed by atoms with Gasteiger partial charge in [0.05, 0.1) is 11.6 Å². The quantitative estimate of drug-likeness (QED) is 0.872. The zero-order valence-electron chi connectivity index (χ0n) is 12.8. The van der Waals surface area contributed by atoms with Crippen molar-refractivity contribution in [3.8, 4) is 0 Å². The van der Waals surface area contributed by atoms with E-state index in [1.54, 1.807) is 0 Å². The highest BCUT2D eigenvalue weighted by Crippen LogP contribution is 2.18. The Morgan fingerprint density at radius 3 is 2.43 bits per heavy atom. The first-order valence-electron chi connectivity index (χ1n) is 7.32. The Hall–Kier alpha value is -2.29. The molecule has 0 heterocycles. The number of carbonyl (C=O) groups excluding carboxylic acids is 1. The van der Waals surface area contributed by atoms with Crippen LogP contribution < -0.4 is 10.6 Å². The number of para-hydroxylation sites is 1. The summed E-state index contributed by atoms with van der Waals surface area (Å²) in [5.74, 6) is -0.0559. The van der Waals surface area contributed by atoms with Crippen molar-refractivity contribution in [2.75, 3.05) is 11.9 Å². The van der Waals surface area contributed by atoms with E-state index in [1.165, 1.54) is 5.56 Å². The summed E-state index contributed by atoms with van der Waals surface area (Å²) in [5, 5.41) is 6.27. The number of anilines is 1. The third-order valence-electron chi connectivity index (χ3n) is 3.46. The molecule has 2 aromatic rings. The summed E-state index contributed by atoms with van der Waals surface area (Å²) in [6.07, 6.45) is 0. The van der Waals surface area contributed by atoms with Gasteiger partial charge in [0.1, 0.15) is 0 Å². The van der Waals surface area contributed by atoms with E-state index in [-0.39, 0.29) is 11.9 Å². The van der Waals surface area contributed by atoms with Gasteiger partial charge in [-0.15, -0.1) is 0 Å². The van der Waals surface area contributed by atoms with Crippen LogP contribution in [0.4, 0.5) is 5.69 Å². The topological polar surface area (TPSA) is 41.1 Å². The minimum Gasteiger partial charge on any atom is -0.385 e. The Morgan fingerprint density at radius 2 is 1.76 bits per heavy atom.